The average molecular weight is 471 g/mol. The van der Waals surface area contributed by atoms with Gasteiger partial charge in [-0.3, -0.25) is 10.1 Å². The number of nitrogens with zero attached hydrogens (tertiary/aromatic N) is 3. The number of aryl methyl sites for hydroxylation is 2. The molecule has 10 heteroatoms. The minimum Gasteiger partial charge on any atom is -0.462 e. The molecule has 0 radical (unpaired) electrons. The van der Waals surface area contributed by atoms with E-state index in [2.05, 4.69) is 15.3 Å². The van der Waals surface area contributed by atoms with Crippen LogP contribution in [0.25, 0.3) is 0 Å². The number of hydrogen-bond acceptors (Lipinski definition) is 8. The molecule has 3 aromatic rings. The monoisotopic (exact) mass is 470 g/mol. The Bertz CT molecular complexity index is 1160. The molecule has 0 fully saturated rings. The molecule has 0 saturated carbocycles. The molecule has 0 bridgehead atoms. The fourth-order valence-corrected chi connectivity index (χ4v) is 3.03. The molecule has 2 aromatic carbocycles. The van der Waals surface area contributed by atoms with Crippen LogP contribution in [0.5, 0.6) is 11.6 Å². The fourth-order valence-electron chi connectivity index (χ4n) is 2.92. The summed E-state index contributed by atoms with van der Waals surface area (Å²) in [4.78, 5) is 31.2. The van der Waals surface area contributed by atoms with Gasteiger partial charge in [-0.25, -0.2) is 9.78 Å². The van der Waals surface area contributed by atoms with Gasteiger partial charge in [-0.15, -0.1) is 0 Å². The summed E-state index contributed by atoms with van der Waals surface area (Å²) >= 11 is 6.18. The number of carbonyl (C=O) groups is 1. The van der Waals surface area contributed by atoms with E-state index in [1.165, 1.54) is 0 Å². The Morgan fingerprint density at radius 1 is 1.15 bits per heavy atom. The summed E-state index contributed by atoms with van der Waals surface area (Å²) in [5.41, 5.74) is 1.97. The summed E-state index contributed by atoms with van der Waals surface area (Å²) in [6.45, 7) is 7.84. The molecule has 0 atom stereocenters. The van der Waals surface area contributed by atoms with E-state index >= 15 is 0 Å². The number of anilines is 2. The number of ether oxygens (including phenoxy) is 2. The summed E-state index contributed by atoms with van der Waals surface area (Å²) in [7, 11) is 0. The van der Waals surface area contributed by atoms with Crippen molar-refractivity contribution in [1.82, 2.24) is 9.97 Å². The lowest BCUT2D eigenvalue weighted by molar-refractivity contribution is -0.385. The summed E-state index contributed by atoms with van der Waals surface area (Å²) in [6.07, 6.45) is 1.16. The fraction of sp³-hybridized carbons (Fsp3) is 0.261. The van der Waals surface area contributed by atoms with Crippen LogP contribution < -0.4 is 10.1 Å². The van der Waals surface area contributed by atoms with Gasteiger partial charge >= 0.3 is 17.5 Å². The van der Waals surface area contributed by atoms with Crippen LogP contribution in [-0.2, 0) is 4.74 Å². The van der Waals surface area contributed by atoms with Crippen LogP contribution in [0.3, 0.4) is 0 Å². The molecule has 0 aliphatic rings. The van der Waals surface area contributed by atoms with E-state index in [1.54, 1.807) is 36.4 Å². The van der Waals surface area contributed by atoms with Crippen molar-refractivity contribution in [2.24, 2.45) is 5.92 Å². The quantitative estimate of drug-likeness (QED) is 0.242. The second kappa shape index (κ2) is 10.3. The Hall–Kier alpha value is -3.72. The standard InChI is InChI=1S/C23H23ClN4O5/c1-13(2)11-32-23(29)16-5-7-17(8-6-16)27-21-20(28(30)31)22(26-12-25-21)33-18-9-14(3)19(24)15(4)10-18/h5-10,12-13H,11H2,1-4H3,(H,25,26,27). The molecule has 0 unspecified atom stereocenters. The normalized spacial score (nSPS) is 10.7. The van der Waals surface area contributed by atoms with Crippen LogP contribution >= 0.6 is 11.6 Å². The first kappa shape index (κ1) is 23.9. The van der Waals surface area contributed by atoms with Crippen molar-refractivity contribution in [2.75, 3.05) is 11.9 Å². The zero-order valence-corrected chi connectivity index (χ0v) is 19.3. The van der Waals surface area contributed by atoms with Gasteiger partial charge in [0.2, 0.25) is 5.82 Å². The first-order valence-corrected chi connectivity index (χ1v) is 10.5. The average Bonchev–Trinajstić information content (AvgIpc) is 2.76. The highest BCUT2D eigenvalue weighted by atomic mass is 35.5. The smallest absolute Gasteiger partial charge is 0.373 e. The maximum absolute atomic E-state index is 12.1. The molecule has 33 heavy (non-hydrogen) atoms. The van der Waals surface area contributed by atoms with E-state index in [0.717, 1.165) is 17.5 Å². The molecule has 0 spiro atoms. The van der Waals surface area contributed by atoms with Crippen molar-refractivity contribution in [3.63, 3.8) is 0 Å². The van der Waals surface area contributed by atoms with Gasteiger partial charge in [0, 0.05) is 10.7 Å². The summed E-state index contributed by atoms with van der Waals surface area (Å²) < 4.78 is 10.9. The van der Waals surface area contributed by atoms with Crippen LogP contribution in [0.1, 0.15) is 35.3 Å². The number of halogens is 1. The Morgan fingerprint density at radius 2 is 1.79 bits per heavy atom. The van der Waals surface area contributed by atoms with Crippen LogP contribution in [0.15, 0.2) is 42.7 Å². The van der Waals surface area contributed by atoms with Crippen LogP contribution in [-0.4, -0.2) is 27.5 Å². The van der Waals surface area contributed by atoms with Gasteiger partial charge in [0.25, 0.3) is 0 Å². The van der Waals surface area contributed by atoms with Crippen molar-refractivity contribution in [2.45, 2.75) is 27.7 Å². The minimum absolute atomic E-state index is 0.0532. The number of benzene rings is 2. The first-order chi connectivity index (χ1) is 15.7. The van der Waals surface area contributed by atoms with E-state index in [9.17, 15) is 14.9 Å². The number of carbonyl (C=O) groups excluding carboxylic acids is 1. The highest BCUT2D eigenvalue weighted by molar-refractivity contribution is 6.32. The molecule has 0 aliphatic heterocycles. The SMILES string of the molecule is Cc1cc(Oc2ncnc(Nc3ccc(C(=O)OCC(C)C)cc3)c2[N+](=O)[O-])cc(C)c1Cl. The highest BCUT2D eigenvalue weighted by Gasteiger charge is 2.25. The molecular formula is C23H23ClN4O5. The zero-order valence-electron chi connectivity index (χ0n) is 18.6. The Kier molecular flexibility index (Phi) is 7.44. The minimum atomic E-state index is -0.620. The summed E-state index contributed by atoms with van der Waals surface area (Å²) in [6, 6.07) is 9.68. The van der Waals surface area contributed by atoms with Crippen molar-refractivity contribution >= 4 is 34.8 Å². The van der Waals surface area contributed by atoms with Gasteiger partial charge in [0.1, 0.15) is 12.1 Å². The predicted octanol–water partition coefficient (Wildman–Crippen LogP) is 6.00. The molecule has 1 aromatic heterocycles. The topological polar surface area (TPSA) is 116 Å². The van der Waals surface area contributed by atoms with Crippen molar-refractivity contribution < 1.29 is 19.2 Å². The predicted molar refractivity (Wildman–Crippen MR) is 125 cm³/mol. The molecular weight excluding hydrogens is 448 g/mol. The number of nitro groups is 1. The van der Waals surface area contributed by atoms with Gasteiger partial charge in [0.15, 0.2) is 0 Å². The molecule has 1 N–H and O–H groups in total. The number of aromatic nitrogens is 2. The number of hydrogen-bond donors (Lipinski definition) is 1. The second-order valence-corrected chi connectivity index (χ2v) is 8.18. The van der Waals surface area contributed by atoms with Crippen molar-refractivity contribution in [3.05, 3.63) is 74.6 Å². The Balaban J connectivity index is 1.84. The van der Waals surface area contributed by atoms with Gasteiger partial charge < -0.3 is 14.8 Å². The highest BCUT2D eigenvalue weighted by Crippen LogP contribution is 2.37. The zero-order chi connectivity index (χ0) is 24.1. The van der Waals surface area contributed by atoms with E-state index in [0.29, 0.717) is 28.6 Å². The molecule has 9 nitrogen and oxygen atoms in total. The van der Waals surface area contributed by atoms with E-state index in [4.69, 9.17) is 21.1 Å². The van der Waals surface area contributed by atoms with Gasteiger partial charge in [-0.1, -0.05) is 25.4 Å². The maximum atomic E-state index is 12.1. The summed E-state index contributed by atoms with van der Waals surface area (Å²) in [5, 5.41) is 15.3. The number of esters is 1. The third-order valence-electron chi connectivity index (χ3n) is 4.53. The van der Waals surface area contributed by atoms with Crippen LogP contribution in [0, 0.1) is 29.9 Å². The van der Waals surface area contributed by atoms with Crippen molar-refractivity contribution in [1.29, 1.82) is 0 Å². The van der Waals surface area contributed by atoms with Crippen LogP contribution in [0.4, 0.5) is 17.2 Å². The van der Waals surface area contributed by atoms with E-state index in [-0.39, 0.29) is 17.6 Å². The second-order valence-electron chi connectivity index (χ2n) is 7.80. The van der Waals surface area contributed by atoms with Gasteiger partial charge in [-0.05, 0) is 67.3 Å². The molecule has 0 aliphatic carbocycles. The molecule has 3 rings (SSSR count). The maximum Gasteiger partial charge on any atom is 0.373 e. The summed E-state index contributed by atoms with van der Waals surface area (Å²) in [5.74, 6) is -0.112. The van der Waals surface area contributed by atoms with Crippen LogP contribution in [0.2, 0.25) is 5.02 Å². The molecule has 1 heterocycles. The molecule has 0 amide bonds. The lowest BCUT2D eigenvalue weighted by Crippen LogP contribution is -2.10. The lowest BCUT2D eigenvalue weighted by atomic mass is 10.1. The van der Waals surface area contributed by atoms with E-state index < -0.39 is 16.6 Å². The third-order valence-corrected chi connectivity index (χ3v) is 5.12. The largest absolute Gasteiger partial charge is 0.462 e. The molecule has 0 saturated heterocycles. The Labute approximate surface area is 195 Å². The lowest BCUT2D eigenvalue weighted by Gasteiger charge is -2.11. The van der Waals surface area contributed by atoms with Gasteiger partial charge in [-0.2, -0.15) is 4.98 Å². The van der Waals surface area contributed by atoms with Gasteiger partial charge in [0.05, 0.1) is 17.1 Å². The number of nitrogens with one attached hydrogen (secondary N) is 1. The first-order valence-electron chi connectivity index (χ1n) is 10.1. The Morgan fingerprint density at radius 3 is 2.36 bits per heavy atom. The third kappa shape index (κ3) is 5.95. The molecule has 172 valence electrons. The van der Waals surface area contributed by atoms with E-state index in [1.807, 2.05) is 27.7 Å². The van der Waals surface area contributed by atoms with Crippen molar-refractivity contribution in [3.8, 4) is 11.6 Å². The number of rotatable bonds is 8.